The number of hydrogen-bond acceptors (Lipinski definition) is 7. The minimum absolute atomic E-state index is 0.116. The zero-order valence-electron chi connectivity index (χ0n) is 12.4. The molecule has 0 amide bonds. The number of hydrogen-bond donors (Lipinski definition) is 1. The summed E-state index contributed by atoms with van der Waals surface area (Å²) in [6.07, 6.45) is 0. The van der Waals surface area contributed by atoms with Crippen molar-refractivity contribution < 1.29 is 4.52 Å². The third-order valence-electron chi connectivity index (χ3n) is 2.67. The van der Waals surface area contributed by atoms with Gasteiger partial charge in [-0.15, -0.1) is 10.2 Å². The molecule has 2 heterocycles. The van der Waals surface area contributed by atoms with E-state index in [1.807, 2.05) is 39.2 Å². The molecule has 2 aromatic heterocycles. The minimum Gasteiger partial charge on any atom is -0.368 e. The van der Waals surface area contributed by atoms with E-state index >= 15 is 0 Å². The number of nitrogens with zero attached hydrogens (tertiary/aromatic N) is 5. The average molecular weight is 296 g/mol. The van der Waals surface area contributed by atoms with Crippen LogP contribution in [0.5, 0.6) is 0 Å². The van der Waals surface area contributed by atoms with Gasteiger partial charge in [-0.05, 0) is 13.8 Å². The normalized spacial score (nSPS) is 12.3. The molecule has 0 bridgehead atoms. The van der Waals surface area contributed by atoms with Crippen LogP contribution in [0.15, 0.2) is 9.68 Å². The zero-order chi connectivity index (χ0) is 14.9. The van der Waals surface area contributed by atoms with Crippen molar-refractivity contribution >= 4 is 17.7 Å². The molecule has 0 spiro atoms. The van der Waals surface area contributed by atoms with Gasteiger partial charge in [0.1, 0.15) is 0 Å². The number of anilines is 1. The number of thioether (sulfide) groups is 1. The molecule has 0 aliphatic carbocycles. The second-order valence-electron chi connectivity index (χ2n) is 5.85. The maximum atomic E-state index is 5.80. The molecule has 2 N–H and O–H groups in total. The molecule has 110 valence electrons. The molecular formula is C12H20N6OS. The van der Waals surface area contributed by atoms with Crippen LogP contribution in [-0.2, 0) is 11.2 Å². The Labute approximate surface area is 122 Å². The van der Waals surface area contributed by atoms with E-state index in [1.54, 1.807) is 0 Å². The second kappa shape index (κ2) is 5.43. The first-order chi connectivity index (χ1) is 9.29. The molecule has 2 rings (SSSR count). The van der Waals surface area contributed by atoms with Crippen LogP contribution in [0.3, 0.4) is 0 Å². The Bertz CT molecular complexity index is 583. The van der Waals surface area contributed by atoms with Gasteiger partial charge >= 0.3 is 0 Å². The molecular weight excluding hydrogens is 276 g/mol. The summed E-state index contributed by atoms with van der Waals surface area (Å²) in [6.45, 7) is 10.2. The van der Waals surface area contributed by atoms with Crippen molar-refractivity contribution in [3.63, 3.8) is 0 Å². The number of nitrogen functional groups attached to an aromatic ring is 1. The summed E-state index contributed by atoms with van der Waals surface area (Å²) >= 11 is 1.49. The maximum Gasteiger partial charge on any atom is 0.237 e. The molecule has 0 fully saturated rings. The minimum atomic E-state index is -0.116. The molecule has 20 heavy (non-hydrogen) atoms. The predicted octanol–water partition coefficient (Wildman–Crippen LogP) is 2.41. The van der Waals surface area contributed by atoms with Crippen molar-refractivity contribution in [2.75, 3.05) is 5.73 Å². The Morgan fingerprint density at radius 3 is 2.55 bits per heavy atom. The van der Waals surface area contributed by atoms with Crippen molar-refractivity contribution in [3.05, 3.63) is 11.7 Å². The number of aromatic nitrogens is 5. The van der Waals surface area contributed by atoms with Gasteiger partial charge in [-0.25, -0.2) is 0 Å². The summed E-state index contributed by atoms with van der Waals surface area (Å²) in [5.41, 5.74) is 5.68. The van der Waals surface area contributed by atoms with Crippen molar-refractivity contribution in [3.8, 4) is 0 Å². The molecule has 0 saturated carbocycles. The average Bonchev–Trinajstić information content (AvgIpc) is 2.91. The highest BCUT2D eigenvalue weighted by molar-refractivity contribution is 7.98. The summed E-state index contributed by atoms with van der Waals surface area (Å²) in [5.74, 6) is 2.26. The van der Waals surface area contributed by atoms with E-state index in [-0.39, 0.29) is 11.5 Å². The predicted molar refractivity (Wildman–Crippen MR) is 77.4 cm³/mol. The fourth-order valence-electron chi connectivity index (χ4n) is 1.62. The summed E-state index contributed by atoms with van der Waals surface area (Å²) in [4.78, 5) is 4.39. The summed E-state index contributed by atoms with van der Waals surface area (Å²) in [6, 6.07) is 0.209. The lowest BCUT2D eigenvalue weighted by molar-refractivity contribution is 0.372. The van der Waals surface area contributed by atoms with Crippen LogP contribution in [0, 0.1) is 0 Å². The van der Waals surface area contributed by atoms with Gasteiger partial charge < -0.3 is 10.3 Å². The van der Waals surface area contributed by atoms with Gasteiger partial charge in [0.25, 0.3) is 0 Å². The van der Waals surface area contributed by atoms with Gasteiger partial charge in [-0.2, -0.15) is 4.98 Å². The van der Waals surface area contributed by atoms with E-state index in [1.165, 1.54) is 11.8 Å². The van der Waals surface area contributed by atoms with Crippen LogP contribution in [0.4, 0.5) is 5.95 Å². The van der Waals surface area contributed by atoms with Crippen LogP contribution in [0.2, 0.25) is 0 Å². The van der Waals surface area contributed by atoms with Crippen molar-refractivity contribution in [2.45, 2.75) is 57.0 Å². The van der Waals surface area contributed by atoms with Crippen LogP contribution in [-0.4, -0.2) is 24.9 Å². The first-order valence-electron chi connectivity index (χ1n) is 6.45. The van der Waals surface area contributed by atoms with Crippen LogP contribution < -0.4 is 5.73 Å². The third kappa shape index (κ3) is 3.12. The number of rotatable bonds is 4. The summed E-state index contributed by atoms with van der Waals surface area (Å²) in [5, 5.41) is 12.7. The first-order valence-corrected chi connectivity index (χ1v) is 7.44. The van der Waals surface area contributed by atoms with Crippen LogP contribution in [0.25, 0.3) is 0 Å². The fourth-order valence-corrected chi connectivity index (χ4v) is 2.53. The molecule has 7 nitrogen and oxygen atoms in total. The second-order valence-corrected chi connectivity index (χ2v) is 6.80. The molecule has 0 unspecified atom stereocenters. The van der Waals surface area contributed by atoms with E-state index in [4.69, 9.17) is 10.3 Å². The van der Waals surface area contributed by atoms with Gasteiger partial charge in [0.05, 0.1) is 5.75 Å². The molecule has 0 atom stereocenters. The maximum absolute atomic E-state index is 5.80. The Morgan fingerprint density at radius 2 is 2.00 bits per heavy atom. The zero-order valence-corrected chi connectivity index (χ0v) is 13.2. The Hall–Kier alpha value is -1.57. The lowest BCUT2D eigenvalue weighted by Crippen LogP contribution is -2.13. The lowest BCUT2D eigenvalue weighted by atomic mass is 9.96. The monoisotopic (exact) mass is 296 g/mol. The van der Waals surface area contributed by atoms with Gasteiger partial charge in [-0.3, -0.25) is 4.57 Å². The van der Waals surface area contributed by atoms with E-state index in [2.05, 4.69) is 20.3 Å². The van der Waals surface area contributed by atoms with Gasteiger partial charge in [0.2, 0.25) is 11.8 Å². The molecule has 0 aliphatic rings. The Balaban J connectivity index is 2.08. The van der Waals surface area contributed by atoms with Crippen molar-refractivity contribution in [2.24, 2.45) is 0 Å². The summed E-state index contributed by atoms with van der Waals surface area (Å²) in [7, 11) is 0. The lowest BCUT2D eigenvalue weighted by Gasteiger charge is -2.11. The van der Waals surface area contributed by atoms with Crippen LogP contribution in [0.1, 0.15) is 52.4 Å². The highest BCUT2D eigenvalue weighted by Crippen LogP contribution is 2.26. The van der Waals surface area contributed by atoms with Gasteiger partial charge in [0, 0.05) is 11.5 Å². The van der Waals surface area contributed by atoms with Gasteiger partial charge in [-0.1, -0.05) is 37.7 Å². The molecule has 0 saturated heterocycles. The first kappa shape index (κ1) is 14.8. The molecule has 2 aromatic rings. The van der Waals surface area contributed by atoms with E-state index in [0.717, 1.165) is 5.16 Å². The van der Waals surface area contributed by atoms with Crippen molar-refractivity contribution in [1.82, 2.24) is 24.9 Å². The number of nitrogens with two attached hydrogens (primary N) is 1. The molecule has 0 radical (unpaired) electrons. The SMILES string of the molecule is CC(C)n1c(N)nnc1SCc1nc(C(C)(C)C)no1. The third-order valence-corrected chi connectivity index (χ3v) is 3.60. The smallest absolute Gasteiger partial charge is 0.237 e. The fraction of sp³-hybridized carbons (Fsp3) is 0.667. The Kier molecular flexibility index (Phi) is 4.03. The van der Waals surface area contributed by atoms with E-state index < -0.39 is 0 Å². The van der Waals surface area contributed by atoms with Gasteiger partial charge in [0.15, 0.2) is 11.0 Å². The van der Waals surface area contributed by atoms with E-state index in [0.29, 0.717) is 23.4 Å². The van der Waals surface area contributed by atoms with E-state index in [9.17, 15) is 0 Å². The standard InChI is InChI=1S/C12H20N6OS/c1-7(2)18-10(13)15-16-11(18)20-6-8-14-9(17-19-8)12(3,4)5/h7H,6H2,1-5H3,(H2,13,15). The van der Waals surface area contributed by atoms with Crippen molar-refractivity contribution in [1.29, 1.82) is 0 Å². The molecule has 0 aliphatic heterocycles. The van der Waals surface area contributed by atoms with Crippen LogP contribution >= 0.6 is 11.8 Å². The highest BCUT2D eigenvalue weighted by atomic mass is 32.2. The molecule has 0 aromatic carbocycles. The highest BCUT2D eigenvalue weighted by Gasteiger charge is 2.21. The Morgan fingerprint density at radius 1 is 1.30 bits per heavy atom. The topological polar surface area (TPSA) is 95.7 Å². The summed E-state index contributed by atoms with van der Waals surface area (Å²) < 4.78 is 7.13. The quantitative estimate of drug-likeness (QED) is 0.865. The largest absolute Gasteiger partial charge is 0.368 e. The molecule has 8 heteroatoms.